The Bertz CT molecular complexity index is 965. The summed E-state index contributed by atoms with van der Waals surface area (Å²) >= 11 is 0. The van der Waals surface area contributed by atoms with Crippen LogP contribution in [0.4, 0.5) is 4.39 Å². The number of amides is 2. The smallest absolute Gasteiger partial charge is 0.254 e. The van der Waals surface area contributed by atoms with Gasteiger partial charge >= 0.3 is 0 Å². The number of pyridine rings is 1. The summed E-state index contributed by atoms with van der Waals surface area (Å²) in [5.41, 5.74) is 1.31. The zero-order valence-electron chi connectivity index (χ0n) is 17.6. The fourth-order valence-corrected chi connectivity index (χ4v) is 4.85. The quantitative estimate of drug-likeness (QED) is 0.776. The van der Waals surface area contributed by atoms with Crippen LogP contribution < -0.4 is 0 Å². The van der Waals surface area contributed by atoms with Crippen molar-refractivity contribution in [1.29, 1.82) is 0 Å². The average molecular weight is 410 g/mol. The van der Waals surface area contributed by atoms with Crippen molar-refractivity contribution < 1.29 is 14.0 Å². The Morgan fingerprint density at radius 2 is 2.03 bits per heavy atom. The van der Waals surface area contributed by atoms with E-state index in [2.05, 4.69) is 9.88 Å². The molecular weight excluding hydrogens is 383 g/mol. The van der Waals surface area contributed by atoms with Gasteiger partial charge in [-0.2, -0.15) is 0 Å². The zero-order chi connectivity index (χ0) is 21.5. The molecule has 3 heterocycles. The minimum Gasteiger partial charge on any atom is -0.348 e. The lowest BCUT2D eigenvalue weighted by atomic mass is 9.80. The van der Waals surface area contributed by atoms with Crippen LogP contribution in [0.2, 0.25) is 0 Å². The topological polar surface area (TPSA) is 56.8 Å². The summed E-state index contributed by atoms with van der Waals surface area (Å²) in [4.78, 5) is 36.1. The number of aryl methyl sites for hydroxylation is 1. The van der Waals surface area contributed by atoms with E-state index in [4.69, 9.17) is 0 Å². The van der Waals surface area contributed by atoms with Gasteiger partial charge in [0, 0.05) is 70.7 Å². The Hall–Kier alpha value is -2.80. The molecule has 0 saturated carbocycles. The maximum absolute atomic E-state index is 14.0. The van der Waals surface area contributed by atoms with Crippen LogP contribution in [0, 0.1) is 24.1 Å². The first-order valence-electron chi connectivity index (χ1n) is 10.2. The molecule has 0 unspecified atom stereocenters. The molecule has 0 spiro atoms. The molecule has 2 saturated heterocycles. The lowest BCUT2D eigenvalue weighted by Crippen LogP contribution is -2.47. The number of nitrogens with zero attached hydrogens (tertiary/aromatic N) is 4. The van der Waals surface area contributed by atoms with Gasteiger partial charge in [-0.1, -0.05) is 12.1 Å². The van der Waals surface area contributed by atoms with Crippen LogP contribution in [-0.2, 0) is 11.3 Å². The number of carbonyl (C=O) groups is 2. The molecule has 1 aromatic heterocycles. The number of benzene rings is 1. The Labute approximate surface area is 176 Å². The second kappa shape index (κ2) is 7.80. The van der Waals surface area contributed by atoms with Crippen LogP contribution in [0.1, 0.15) is 21.5 Å². The third kappa shape index (κ3) is 3.58. The average Bonchev–Trinajstić information content (AvgIpc) is 3.24. The number of hydrogen-bond acceptors (Lipinski definition) is 4. The molecule has 158 valence electrons. The third-order valence-electron chi connectivity index (χ3n) is 6.35. The Balaban J connectivity index is 1.56. The van der Waals surface area contributed by atoms with Gasteiger partial charge in [-0.05, 0) is 36.2 Å². The van der Waals surface area contributed by atoms with Crippen LogP contribution in [0.25, 0.3) is 0 Å². The molecule has 4 rings (SSSR count). The molecule has 30 heavy (non-hydrogen) atoms. The Morgan fingerprint density at radius 3 is 2.70 bits per heavy atom. The summed E-state index contributed by atoms with van der Waals surface area (Å²) in [6, 6.07) is 8.51. The van der Waals surface area contributed by atoms with Crippen LogP contribution in [0.15, 0.2) is 42.7 Å². The number of aromatic nitrogens is 1. The molecule has 2 atom stereocenters. The van der Waals surface area contributed by atoms with E-state index >= 15 is 0 Å². The Morgan fingerprint density at radius 1 is 1.23 bits per heavy atom. The predicted molar refractivity (Wildman–Crippen MR) is 111 cm³/mol. The highest BCUT2D eigenvalue weighted by molar-refractivity contribution is 5.95. The lowest BCUT2D eigenvalue weighted by Gasteiger charge is -2.31. The summed E-state index contributed by atoms with van der Waals surface area (Å²) in [5.74, 6) is -0.509. The fraction of sp³-hybridized carbons (Fsp3) is 0.435. The van der Waals surface area contributed by atoms with Gasteiger partial charge in [-0.15, -0.1) is 0 Å². The van der Waals surface area contributed by atoms with Crippen LogP contribution >= 0.6 is 0 Å². The molecule has 2 aromatic rings. The molecule has 2 fully saturated rings. The van der Waals surface area contributed by atoms with E-state index in [1.807, 2.05) is 18.3 Å². The first-order valence-corrected chi connectivity index (χ1v) is 10.2. The predicted octanol–water partition coefficient (Wildman–Crippen LogP) is 2.19. The molecule has 2 aliphatic heterocycles. The molecule has 0 N–H and O–H groups in total. The zero-order valence-corrected chi connectivity index (χ0v) is 17.6. The molecule has 6 nitrogen and oxygen atoms in total. The normalized spacial score (nSPS) is 23.5. The summed E-state index contributed by atoms with van der Waals surface area (Å²) in [5, 5.41) is 0. The van der Waals surface area contributed by atoms with E-state index < -0.39 is 5.41 Å². The van der Waals surface area contributed by atoms with Crippen LogP contribution in [0.5, 0.6) is 0 Å². The summed E-state index contributed by atoms with van der Waals surface area (Å²) in [6.07, 6.45) is 3.59. The molecular formula is C23H27FN4O2. The molecule has 1 aromatic carbocycles. The number of likely N-dealkylation sites (tertiary alicyclic amines) is 2. The van der Waals surface area contributed by atoms with E-state index in [1.165, 1.54) is 6.07 Å². The number of halogens is 1. The summed E-state index contributed by atoms with van der Waals surface area (Å²) < 4.78 is 14.0. The van der Waals surface area contributed by atoms with Crippen molar-refractivity contribution in [2.75, 3.05) is 40.3 Å². The van der Waals surface area contributed by atoms with E-state index in [1.54, 1.807) is 49.1 Å². The van der Waals surface area contributed by atoms with Crippen LogP contribution in [-0.4, -0.2) is 71.8 Å². The van der Waals surface area contributed by atoms with E-state index in [9.17, 15) is 14.0 Å². The monoisotopic (exact) mass is 410 g/mol. The highest BCUT2D eigenvalue weighted by Crippen LogP contribution is 2.44. The SMILES string of the molecule is Cc1ccc(C(=O)N2C[C@@H]3CN(Cc4cccnc4)C[C@]3(C(=O)N(C)C)C2)cc1F. The largest absolute Gasteiger partial charge is 0.348 e. The second-order valence-electron chi connectivity index (χ2n) is 8.73. The molecule has 0 aliphatic carbocycles. The van der Waals surface area contributed by atoms with Crippen molar-refractivity contribution in [3.8, 4) is 0 Å². The molecule has 0 bridgehead atoms. The van der Waals surface area contributed by atoms with Crippen molar-refractivity contribution >= 4 is 11.8 Å². The second-order valence-corrected chi connectivity index (χ2v) is 8.73. The maximum Gasteiger partial charge on any atom is 0.254 e. The maximum atomic E-state index is 14.0. The van der Waals surface area contributed by atoms with Crippen molar-refractivity contribution in [3.63, 3.8) is 0 Å². The van der Waals surface area contributed by atoms with Gasteiger partial charge in [0.25, 0.3) is 5.91 Å². The van der Waals surface area contributed by atoms with Crippen molar-refractivity contribution in [2.45, 2.75) is 13.5 Å². The molecule has 0 radical (unpaired) electrons. The lowest BCUT2D eigenvalue weighted by molar-refractivity contribution is -0.139. The molecule has 2 amide bonds. The van der Waals surface area contributed by atoms with Gasteiger partial charge in [0.2, 0.25) is 5.91 Å². The molecule has 2 aliphatic rings. The highest BCUT2D eigenvalue weighted by Gasteiger charge is 2.58. The number of hydrogen-bond donors (Lipinski definition) is 0. The first-order chi connectivity index (χ1) is 14.3. The minimum atomic E-state index is -0.634. The minimum absolute atomic E-state index is 0.0447. The van der Waals surface area contributed by atoms with Crippen molar-refractivity contribution in [1.82, 2.24) is 19.7 Å². The van der Waals surface area contributed by atoms with Gasteiger partial charge in [-0.25, -0.2) is 4.39 Å². The Kier molecular flexibility index (Phi) is 5.32. The van der Waals surface area contributed by atoms with Crippen molar-refractivity contribution in [3.05, 3.63) is 65.2 Å². The van der Waals surface area contributed by atoms with E-state index in [-0.39, 0.29) is 23.5 Å². The van der Waals surface area contributed by atoms with Gasteiger partial charge in [0.1, 0.15) is 5.82 Å². The summed E-state index contributed by atoms with van der Waals surface area (Å²) in [7, 11) is 3.52. The van der Waals surface area contributed by atoms with Crippen LogP contribution in [0.3, 0.4) is 0 Å². The van der Waals surface area contributed by atoms with Crippen molar-refractivity contribution in [2.24, 2.45) is 11.3 Å². The van der Waals surface area contributed by atoms with Gasteiger partial charge in [0.05, 0.1) is 5.41 Å². The fourth-order valence-electron chi connectivity index (χ4n) is 4.85. The van der Waals surface area contributed by atoms with E-state index in [0.29, 0.717) is 30.8 Å². The van der Waals surface area contributed by atoms with E-state index in [0.717, 1.165) is 18.7 Å². The number of rotatable bonds is 4. The van der Waals surface area contributed by atoms with Gasteiger partial charge in [0.15, 0.2) is 0 Å². The molecule has 7 heteroatoms. The standard InChI is InChI=1S/C23H27FN4O2/c1-16-6-7-18(9-20(16)24)21(29)28-13-19-12-27(11-17-5-4-8-25-10-17)14-23(19,15-28)22(30)26(2)3/h4-10,19H,11-15H2,1-3H3/t19-,23-/m0/s1. The highest BCUT2D eigenvalue weighted by atomic mass is 19.1. The third-order valence-corrected chi connectivity index (χ3v) is 6.35. The number of fused-ring (bicyclic) bond motifs is 1. The van der Waals surface area contributed by atoms with Gasteiger partial charge in [-0.3, -0.25) is 19.5 Å². The first kappa shape index (κ1) is 20.5. The summed E-state index contributed by atoms with van der Waals surface area (Å²) in [6.45, 7) is 4.58. The number of carbonyl (C=O) groups excluding carboxylic acids is 2. The van der Waals surface area contributed by atoms with Gasteiger partial charge < -0.3 is 9.80 Å².